The molecule has 0 aliphatic rings. The zero-order chi connectivity index (χ0) is 15.5. The van der Waals surface area contributed by atoms with Crippen LogP contribution in [0.15, 0.2) is 48.5 Å². The molecule has 3 aromatic rings. The number of aromatic nitrogens is 3. The summed E-state index contributed by atoms with van der Waals surface area (Å²) in [6, 6.07) is 13.7. The molecule has 0 saturated carbocycles. The number of halogens is 1. The third-order valence-electron chi connectivity index (χ3n) is 3.23. The van der Waals surface area contributed by atoms with E-state index in [1.807, 2.05) is 31.2 Å². The van der Waals surface area contributed by atoms with Crippen LogP contribution in [0.25, 0.3) is 16.9 Å². The maximum Gasteiger partial charge on any atom is 0.156 e. The minimum atomic E-state index is -0.413. The van der Waals surface area contributed by atoms with Crippen LogP contribution in [-0.4, -0.2) is 21.6 Å². The Morgan fingerprint density at radius 2 is 1.86 bits per heavy atom. The summed E-state index contributed by atoms with van der Waals surface area (Å²) in [5, 5.41) is 8.06. The maximum absolute atomic E-state index is 13.9. The van der Waals surface area contributed by atoms with Gasteiger partial charge in [-0.15, -0.1) is 5.10 Å². The molecule has 2 aromatic carbocycles. The van der Waals surface area contributed by atoms with Crippen molar-refractivity contribution in [3.05, 3.63) is 54.3 Å². The summed E-state index contributed by atoms with van der Waals surface area (Å²) in [6.07, 6.45) is 0. The molecule has 0 saturated heterocycles. The summed E-state index contributed by atoms with van der Waals surface area (Å²) < 4.78 is 20.8. The molecule has 0 aliphatic carbocycles. The fourth-order valence-electron chi connectivity index (χ4n) is 2.23. The van der Waals surface area contributed by atoms with Crippen molar-refractivity contribution >= 4 is 5.82 Å². The number of hydrogen-bond donors (Lipinski definition) is 1. The molecule has 0 amide bonds. The summed E-state index contributed by atoms with van der Waals surface area (Å²) in [5.41, 5.74) is 7.57. The van der Waals surface area contributed by atoms with Gasteiger partial charge in [-0.2, -0.15) is 4.68 Å². The highest BCUT2D eigenvalue weighted by Gasteiger charge is 2.18. The number of para-hydroxylation sites is 2. The van der Waals surface area contributed by atoms with Crippen molar-refractivity contribution in [3.63, 3.8) is 0 Å². The summed E-state index contributed by atoms with van der Waals surface area (Å²) in [4.78, 5) is 0. The predicted octanol–water partition coefficient (Wildman–Crippen LogP) is 3.05. The lowest BCUT2D eigenvalue weighted by molar-refractivity contribution is 0.341. The largest absolute Gasteiger partial charge is 0.493 e. The molecule has 0 fully saturated rings. The van der Waals surface area contributed by atoms with Crippen molar-refractivity contribution in [1.29, 1.82) is 0 Å². The second-order valence-electron chi connectivity index (χ2n) is 4.62. The Morgan fingerprint density at radius 3 is 2.64 bits per heavy atom. The van der Waals surface area contributed by atoms with Gasteiger partial charge in [0, 0.05) is 5.56 Å². The van der Waals surface area contributed by atoms with Crippen molar-refractivity contribution in [2.45, 2.75) is 6.92 Å². The first kappa shape index (κ1) is 14.1. The van der Waals surface area contributed by atoms with E-state index in [0.717, 1.165) is 5.56 Å². The van der Waals surface area contributed by atoms with Crippen molar-refractivity contribution < 1.29 is 9.13 Å². The third kappa shape index (κ3) is 2.39. The molecule has 2 N–H and O–H groups in total. The molecule has 3 rings (SSSR count). The van der Waals surface area contributed by atoms with Crippen LogP contribution in [0.5, 0.6) is 5.75 Å². The van der Waals surface area contributed by atoms with Gasteiger partial charge in [0.05, 0.1) is 6.61 Å². The Kier molecular flexibility index (Phi) is 3.74. The van der Waals surface area contributed by atoms with Crippen LogP contribution in [0.4, 0.5) is 10.2 Å². The molecule has 1 aromatic heterocycles. The summed E-state index contributed by atoms with van der Waals surface area (Å²) >= 11 is 0. The van der Waals surface area contributed by atoms with Crippen LogP contribution in [0, 0.1) is 5.82 Å². The first-order valence-electron chi connectivity index (χ1n) is 6.90. The smallest absolute Gasteiger partial charge is 0.156 e. The normalized spacial score (nSPS) is 10.6. The van der Waals surface area contributed by atoms with Crippen LogP contribution in [0.1, 0.15) is 6.92 Å². The highest BCUT2D eigenvalue weighted by Crippen LogP contribution is 2.33. The highest BCUT2D eigenvalue weighted by atomic mass is 19.1. The average molecular weight is 298 g/mol. The molecule has 0 atom stereocenters. The van der Waals surface area contributed by atoms with Gasteiger partial charge < -0.3 is 10.5 Å². The van der Waals surface area contributed by atoms with Gasteiger partial charge >= 0.3 is 0 Å². The van der Waals surface area contributed by atoms with Gasteiger partial charge in [-0.1, -0.05) is 29.5 Å². The Bertz CT molecular complexity index is 800. The van der Waals surface area contributed by atoms with Crippen LogP contribution in [0.3, 0.4) is 0 Å². The summed E-state index contributed by atoms with van der Waals surface area (Å²) in [5.74, 6) is 0.512. The number of ether oxygens (including phenoxy) is 1. The number of benzene rings is 2. The van der Waals surface area contributed by atoms with Crippen LogP contribution in [-0.2, 0) is 0 Å². The average Bonchev–Trinajstić information content (AvgIpc) is 2.90. The fourth-order valence-corrected chi connectivity index (χ4v) is 2.23. The SMILES string of the molecule is CCOc1ccccc1-c1nnn(-c2ccccc2F)c1N. The van der Waals surface area contributed by atoms with E-state index >= 15 is 0 Å². The van der Waals surface area contributed by atoms with Gasteiger partial charge in [-0.3, -0.25) is 0 Å². The zero-order valence-electron chi connectivity index (χ0n) is 12.0. The molecule has 0 unspecified atom stereocenters. The molecular weight excluding hydrogens is 283 g/mol. The first-order valence-corrected chi connectivity index (χ1v) is 6.90. The molecule has 22 heavy (non-hydrogen) atoms. The molecule has 112 valence electrons. The van der Waals surface area contributed by atoms with Crippen molar-refractivity contribution in [2.24, 2.45) is 0 Å². The van der Waals surface area contributed by atoms with Crippen molar-refractivity contribution in [2.75, 3.05) is 12.3 Å². The quantitative estimate of drug-likeness (QED) is 0.804. The Balaban J connectivity index is 2.11. The van der Waals surface area contributed by atoms with Crippen LogP contribution < -0.4 is 10.5 Å². The minimum absolute atomic E-state index is 0.257. The van der Waals surface area contributed by atoms with E-state index in [1.54, 1.807) is 18.2 Å². The van der Waals surface area contributed by atoms with Crippen molar-refractivity contribution in [1.82, 2.24) is 15.0 Å². The maximum atomic E-state index is 13.9. The molecule has 0 bridgehead atoms. The van der Waals surface area contributed by atoms with Crippen LogP contribution in [0.2, 0.25) is 0 Å². The fraction of sp³-hybridized carbons (Fsp3) is 0.125. The number of nitrogen functional groups attached to an aromatic ring is 1. The lowest BCUT2D eigenvalue weighted by Crippen LogP contribution is -2.04. The van der Waals surface area contributed by atoms with E-state index in [4.69, 9.17) is 10.5 Å². The first-order chi connectivity index (χ1) is 10.7. The number of anilines is 1. The predicted molar refractivity (Wildman–Crippen MR) is 82.3 cm³/mol. The molecule has 1 heterocycles. The summed E-state index contributed by atoms with van der Waals surface area (Å²) in [6.45, 7) is 2.43. The van der Waals surface area contributed by atoms with E-state index < -0.39 is 5.82 Å². The van der Waals surface area contributed by atoms with Gasteiger partial charge in [0.25, 0.3) is 0 Å². The topological polar surface area (TPSA) is 66.0 Å². The second-order valence-corrected chi connectivity index (χ2v) is 4.62. The monoisotopic (exact) mass is 298 g/mol. The van der Waals surface area contributed by atoms with E-state index in [9.17, 15) is 4.39 Å². The molecule has 0 spiro atoms. The van der Waals surface area contributed by atoms with Gasteiger partial charge in [-0.05, 0) is 31.2 Å². The molecule has 0 radical (unpaired) electrons. The summed E-state index contributed by atoms with van der Waals surface area (Å²) in [7, 11) is 0. The lowest BCUT2D eigenvalue weighted by atomic mass is 10.1. The Hall–Kier alpha value is -2.89. The molecule has 0 aliphatic heterocycles. The van der Waals surface area contributed by atoms with E-state index in [1.165, 1.54) is 10.7 Å². The van der Waals surface area contributed by atoms with E-state index in [-0.39, 0.29) is 11.5 Å². The molecule has 5 nitrogen and oxygen atoms in total. The minimum Gasteiger partial charge on any atom is -0.493 e. The van der Waals surface area contributed by atoms with Crippen LogP contribution >= 0.6 is 0 Å². The number of nitrogens with zero attached hydrogens (tertiary/aromatic N) is 3. The lowest BCUT2D eigenvalue weighted by Gasteiger charge is -2.09. The van der Waals surface area contributed by atoms with Gasteiger partial charge in [0.1, 0.15) is 22.9 Å². The molecular formula is C16H15FN4O. The third-order valence-corrected chi connectivity index (χ3v) is 3.23. The standard InChI is InChI=1S/C16H15FN4O/c1-2-22-14-10-6-3-7-11(14)15-16(18)21(20-19-15)13-9-5-4-8-12(13)17/h3-10H,2,18H2,1H3. The number of nitrogens with two attached hydrogens (primary N) is 1. The van der Waals surface area contributed by atoms with E-state index in [2.05, 4.69) is 10.3 Å². The number of hydrogen-bond acceptors (Lipinski definition) is 4. The number of rotatable bonds is 4. The van der Waals surface area contributed by atoms with Gasteiger partial charge in [-0.25, -0.2) is 4.39 Å². The Morgan fingerprint density at radius 1 is 1.14 bits per heavy atom. The van der Waals surface area contributed by atoms with Crippen molar-refractivity contribution in [3.8, 4) is 22.7 Å². The highest BCUT2D eigenvalue weighted by molar-refractivity contribution is 5.75. The van der Waals surface area contributed by atoms with Gasteiger partial charge in [0.15, 0.2) is 5.82 Å². The van der Waals surface area contributed by atoms with E-state index in [0.29, 0.717) is 18.1 Å². The van der Waals surface area contributed by atoms with Gasteiger partial charge in [0.2, 0.25) is 0 Å². The zero-order valence-corrected chi connectivity index (χ0v) is 12.0. The Labute approximate surface area is 127 Å². The second kappa shape index (κ2) is 5.85. The molecule has 6 heteroatoms.